The fraction of sp³-hybridized carbons (Fsp3) is 0.400. The Hall–Kier alpha value is -3.16. The van der Waals surface area contributed by atoms with Gasteiger partial charge in [0.1, 0.15) is 0 Å². The molecule has 1 N–H and O–H groups in total. The van der Waals surface area contributed by atoms with Crippen molar-refractivity contribution < 1.29 is 9.32 Å². The van der Waals surface area contributed by atoms with E-state index in [2.05, 4.69) is 20.6 Å². The van der Waals surface area contributed by atoms with Crippen molar-refractivity contribution in [2.24, 2.45) is 0 Å². The molecule has 2 aromatic heterocycles. The van der Waals surface area contributed by atoms with Crippen LogP contribution in [0.25, 0.3) is 5.69 Å². The summed E-state index contributed by atoms with van der Waals surface area (Å²) in [4.78, 5) is 19.1. The van der Waals surface area contributed by atoms with Gasteiger partial charge in [-0.15, -0.1) is 0 Å². The van der Waals surface area contributed by atoms with E-state index in [0.29, 0.717) is 24.8 Å². The Labute approximate surface area is 163 Å². The first-order valence-electron chi connectivity index (χ1n) is 9.50. The van der Waals surface area contributed by atoms with Gasteiger partial charge >= 0.3 is 6.03 Å². The van der Waals surface area contributed by atoms with Crippen LogP contribution < -0.4 is 5.32 Å². The lowest BCUT2D eigenvalue weighted by atomic mass is 9.98. The lowest BCUT2D eigenvalue weighted by Crippen LogP contribution is -2.42. The monoisotopic (exact) mass is 380 g/mol. The van der Waals surface area contributed by atoms with E-state index in [1.54, 1.807) is 6.92 Å². The molecule has 0 radical (unpaired) electrons. The first-order chi connectivity index (χ1) is 13.5. The SMILES string of the molecule is Cc1cc(C)n(-c2ccccc2NC(=O)N2CCC[C@H](c3noc(C)n3)C2)n1. The third-order valence-corrected chi connectivity index (χ3v) is 5.00. The second-order valence-electron chi connectivity index (χ2n) is 7.24. The highest BCUT2D eigenvalue weighted by atomic mass is 16.5. The fourth-order valence-electron chi connectivity index (χ4n) is 3.68. The molecule has 0 spiro atoms. The van der Waals surface area contributed by atoms with Crippen molar-refractivity contribution in [1.82, 2.24) is 24.8 Å². The summed E-state index contributed by atoms with van der Waals surface area (Å²) in [5, 5.41) is 11.6. The van der Waals surface area contributed by atoms with E-state index in [1.807, 2.05) is 53.8 Å². The highest BCUT2D eigenvalue weighted by molar-refractivity contribution is 5.91. The maximum Gasteiger partial charge on any atom is 0.321 e. The van der Waals surface area contributed by atoms with Gasteiger partial charge in [0.05, 0.1) is 17.1 Å². The van der Waals surface area contributed by atoms with Crippen LogP contribution in [-0.2, 0) is 0 Å². The summed E-state index contributed by atoms with van der Waals surface area (Å²) in [6, 6.07) is 9.59. The van der Waals surface area contributed by atoms with E-state index in [0.717, 1.165) is 35.6 Å². The predicted molar refractivity (Wildman–Crippen MR) is 105 cm³/mol. The average molecular weight is 380 g/mol. The fourth-order valence-corrected chi connectivity index (χ4v) is 3.68. The number of anilines is 1. The first-order valence-corrected chi connectivity index (χ1v) is 9.50. The Morgan fingerprint density at radius 3 is 2.79 bits per heavy atom. The second-order valence-corrected chi connectivity index (χ2v) is 7.24. The normalized spacial score (nSPS) is 17.0. The van der Waals surface area contributed by atoms with Crippen LogP contribution in [0.3, 0.4) is 0 Å². The number of aryl methyl sites for hydroxylation is 3. The molecule has 2 amide bonds. The van der Waals surface area contributed by atoms with Crippen LogP contribution in [0.1, 0.15) is 41.9 Å². The number of nitrogens with one attached hydrogen (secondary N) is 1. The van der Waals surface area contributed by atoms with Crippen molar-refractivity contribution in [1.29, 1.82) is 0 Å². The van der Waals surface area contributed by atoms with Crippen LogP contribution >= 0.6 is 0 Å². The average Bonchev–Trinajstić information content (AvgIpc) is 3.27. The third-order valence-electron chi connectivity index (χ3n) is 5.00. The molecule has 0 saturated carbocycles. The summed E-state index contributed by atoms with van der Waals surface area (Å²) < 4.78 is 6.95. The predicted octanol–water partition coefficient (Wildman–Crippen LogP) is 3.59. The minimum atomic E-state index is -0.126. The molecule has 1 atom stereocenters. The zero-order valence-electron chi connectivity index (χ0n) is 16.3. The molecule has 28 heavy (non-hydrogen) atoms. The summed E-state index contributed by atoms with van der Waals surface area (Å²) in [5.74, 6) is 1.33. The van der Waals surface area contributed by atoms with Crippen LogP contribution in [0, 0.1) is 20.8 Å². The van der Waals surface area contributed by atoms with Gasteiger partial charge in [-0.3, -0.25) is 0 Å². The minimum Gasteiger partial charge on any atom is -0.340 e. The van der Waals surface area contributed by atoms with Gasteiger partial charge in [0, 0.05) is 31.6 Å². The molecule has 4 rings (SSSR count). The van der Waals surface area contributed by atoms with Gasteiger partial charge in [-0.25, -0.2) is 9.48 Å². The number of para-hydroxylation sites is 2. The second kappa shape index (κ2) is 7.46. The number of aromatic nitrogens is 4. The van der Waals surface area contributed by atoms with E-state index < -0.39 is 0 Å². The van der Waals surface area contributed by atoms with Gasteiger partial charge in [0.2, 0.25) is 5.89 Å². The standard InChI is InChI=1S/C20H24N6O2/c1-13-11-14(2)26(23-13)18-9-5-4-8-17(18)22-20(27)25-10-6-7-16(12-25)19-21-15(3)28-24-19/h4-5,8-9,11,16H,6-7,10,12H2,1-3H3,(H,22,27)/t16-/m0/s1. The number of benzene rings is 1. The number of piperidine rings is 1. The van der Waals surface area contributed by atoms with Crippen molar-refractivity contribution >= 4 is 11.7 Å². The van der Waals surface area contributed by atoms with Gasteiger partial charge in [-0.2, -0.15) is 10.1 Å². The third kappa shape index (κ3) is 3.62. The first kappa shape index (κ1) is 18.2. The molecule has 8 heteroatoms. The van der Waals surface area contributed by atoms with Crippen molar-refractivity contribution in [3.8, 4) is 5.69 Å². The van der Waals surface area contributed by atoms with Crippen LogP contribution in [-0.4, -0.2) is 43.9 Å². The molecule has 1 aliphatic rings. The number of urea groups is 1. The molecule has 1 aromatic carbocycles. The zero-order chi connectivity index (χ0) is 19.7. The van der Waals surface area contributed by atoms with Gasteiger partial charge in [-0.1, -0.05) is 17.3 Å². The van der Waals surface area contributed by atoms with Gasteiger partial charge in [0.25, 0.3) is 0 Å². The van der Waals surface area contributed by atoms with Crippen LogP contribution in [0.5, 0.6) is 0 Å². The Balaban J connectivity index is 1.52. The Morgan fingerprint density at radius 2 is 2.07 bits per heavy atom. The summed E-state index contributed by atoms with van der Waals surface area (Å²) in [5.41, 5.74) is 3.54. The van der Waals surface area contributed by atoms with Crippen LogP contribution in [0.15, 0.2) is 34.9 Å². The summed E-state index contributed by atoms with van der Waals surface area (Å²) >= 11 is 0. The highest BCUT2D eigenvalue weighted by Gasteiger charge is 2.28. The molecule has 1 aliphatic heterocycles. The molecule has 1 saturated heterocycles. The Bertz CT molecular complexity index is 992. The van der Waals surface area contributed by atoms with Gasteiger partial charge in [-0.05, 0) is 44.9 Å². The number of amides is 2. The lowest BCUT2D eigenvalue weighted by Gasteiger charge is -2.31. The highest BCUT2D eigenvalue weighted by Crippen LogP contribution is 2.26. The lowest BCUT2D eigenvalue weighted by molar-refractivity contribution is 0.190. The Kier molecular flexibility index (Phi) is 4.85. The van der Waals surface area contributed by atoms with Crippen LogP contribution in [0.2, 0.25) is 0 Å². The minimum absolute atomic E-state index is 0.100. The molecule has 1 fully saturated rings. The molecule has 0 aliphatic carbocycles. The zero-order valence-corrected chi connectivity index (χ0v) is 16.3. The van der Waals surface area contributed by atoms with Crippen molar-refractivity contribution in [3.63, 3.8) is 0 Å². The molecule has 3 aromatic rings. The largest absolute Gasteiger partial charge is 0.340 e. The number of nitrogens with zero attached hydrogens (tertiary/aromatic N) is 5. The molecule has 3 heterocycles. The molecule has 0 unspecified atom stereocenters. The smallest absolute Gasteiger partial charge is 0.321 e. The molecule has 8 nitrogen and oxygen atoms in total. The van der Waals surface area contributed by atoms with E-state index in [-0.39, 0.29) is 11.9 Å². The van der Waals surface area contributed by atoms with E-state index >= 15 is 0 Å². The summed E-state index contributed by atoms with van der Waals surface area (Å²) in [7, 11) is 0. The maximum atomic E-state index is 12.9. The maximum absolute atomic E-state index is 12.9. The van der Waals surface area contributed by atoms with E-state index in [4.69, 9.17) is 4.52 Å². The molecular weight excluding hydrogens is 356 g/mol. The number of hydrogen-bond donors (Lipinski definition) is 1. The van der Waals surface area contributed by atoms with Crippen LogP contribution in [0.4, 0.5) is 10.5 Å². The quantitative estimate of drug-likeness (QED) is 0.750. The van der Waals surface area contributed by atoms with E-state index in [9.17, 15) is 4.79 Å². The number of carbonyl (C=O) groups excluding carboxylic acids is 1. The molecular formula is C20H24N6O2. The van der Waals surface area contributed by atoms with E-state index in [1.165, 1.54) is 0 Å². The topological polar surface area (TPSA) is 89.1 Å². The summed E-state index contributed by atoms with van der Waals surface area (Å²) in [6.45, 7) is 7.02. The van der Waals surface area contributed by atoms with Crippen molar-refractivity contribution in [3.05, 3.63) is 53.4 Å². The Morgan fingerprint density at radius 1 is 1.25 bits per heavy atom. The number of likely N-dealkylation sites (tertiary alicyclic amines) is 1. The van der Waals surface area contributed by atoms with Crippen molar-refractivity contribution in [2.45, 2.75) is 39.5 Å². The number of rotatable bonds is 3. The van der Waals surface area contributed by atoms with Gasteiger partial charge in [0.15, 0.2) is 5.82 Å². The number of hydrogen-bond acceptors (Lipinski definition) is 5. The number of carbonyl (C=O) groups is 1. The van der Waals surface area contributed by atoms with Gasteiger partial charge < -0.3 is 14.7 Å². The molecule has 146 valence electrons. The molecule has 0 bridgehead atoms. The summed E-state index contributed by atoms with van der Waals surface area (Å²) in [6.07, 6.45) is 1.86. The van der Waals surface area contributed by atoms with Crippen molar-refractivity contribution in [2.75, 3.05) is 18.4 Å².